The van der Waals surface area contributed by atoms with Crippen LogP contribution in [0, 0.1) is 6.92 Å². The minimum Gasteiger partial charge on any atom is -0.349 e. The Morgan fingerprint density at radius 1 is 0.549 bits per heavy atom. The van der Waals surface area contributed by atoms with Gasteiger partial charge in [-0.1, -0.05) is 115 Å². The fourth-order valence-corrected chi connectivity index (χ4v) is 8.28. The highest BCUT2D eigenvalue weighted by atomic mass is 15.4. The third-order valence-electron chi connectivity index (χ3n) is 10.6. The number of aromatic nitrogens is 2. The number of pyridine rings is 1. The fraction of sp³-hybridized carbons (Fsp3) is 0.128. The average Bonchev–Trinajstić information content (AvgIpc) is 3.73. The van der Waals surface area contributed by atoms with Gasteiger partial charge in [0.2, 0.25) is 0 Å². The Hall–Kier alpha value is -6.13. The number of para-hydroxylation sites is 3. The van der Waals surface area contributed by atoms with Crippen molar-refractivity contribution >= 4 is 38.9 Å². The topological polar surface area (TPSA) is 24.3 Å². The van der Waals surface area contributed by atoms with Crippen LogP contribution in [0.2, 0.25) is 0 Å². The summed E-state index contributed by atoms with van der Waals surface area (Å²) in [6, 6.07) is 60.4. The zero-order valence-electron chi connectivity index (χ0n) is 29.2. The molecule has 4 heteroatoms. The van der Waals surface area contributed by atoms with Gasteiger partial charge in [-0.3, -0.25) is 4.57 Å². The van der Waals surface area contributed by atoms with Gasteiger partial charge in [0.1, 0.15) is 5.82 Å². The number of hydrogen-bond acceptors (Lipinski definition) is 3. The molecule has 0 unspecified atom stereocenters. The van der Waals surface area contributed by atoms with Crippen LogP contribution >= 0.6 is 0 Å². The van der Waals surface area contributed by atoms with Crippen molar-refractivity contribution in [1.82, 2.24) is 9.55 Å². The van der Waals surface area contributed by atoms with E-state index in [-0.39, 0.29) is 0 Å². The molecule has 0 saturated carbocycles. The van der Waals surface area contributed by atoms with E-state index < -0.39 is 5.41 Å². The summed E-state index contributed by atoms with van der Waals surface area (Å²) in [7, 11) is 0. The smallest absolute Gasteiger partial charge is 0.137 e. The van der Waals surface area contributed by atoms with E-state index in [1.54, 1.807) is 0 Å². The third-order valence-corrected chi connectivity index (χ3v) is 10.6. The number of anilines is 3. The summed E-state index contributed by atoms with van der Waals surface area (Å²) in [6.45, 7) is 7.48. The molecular formula is C47H40N4. The molecule has 0 radical (unpaired) electrons. The van der Waals surface area contributed by atoms with Crippen molar-refractivity contribution in [2.45, 2.75) is 32.2 Å². The zero-order valence-corrected chi connectivity index (χ0v) is 29.2. The van der Waals surface area contributed by atoms with Crippen molar-refractivity contribution in [3.05, 3.63) is 198 Å². The lowest BCUT2D eigenvalue weighted by atomic mass is 9.65. The maximum atomic E-state index is 4.89. The van der Waals surface area contributed by atoms with Crippen LogP contribution in [0.4, 0.5) is 17.1 Å². The molecule has 9 rings (SSSR count). The maximum absolute atomic E-state index is 4.89. The van der Waals surface area contributed by atoms with Crippen molar-refractivity contribution in [2.75, 3.05) is 16.5 Å². The van der Waals surface area contributed by atoms with Gasteiger partial charge in [-0.2, -0.15) is 0 Å². The second-order valence-corrected chi connectivity index (χ2v) is 13.9. The Labute approximate surface area is 299 Å². The summed E-state index contributed by atoms with van der Waals surface area (Å²) in [5.74, 6) is 0.924. The first-order valence-corrected chi connectivity index (χ1v) is 17.9. The fourth-order valence-electron chi connectivity index (χ4n) is 8.28. The van der Waals surface area contributed by atoms with Gasteiger partial charge in [-0.05, 0) is 97.1 Å². The van der Waals surface area contributed by atoms with Gasteiger partial charge >= 0.3 is 0 Å². The molecule has 0 aliphatic carbocycles. The maximum Gasteiger partial charge on any atom is 0.137 e. The van der Waals surface area contributed by atoms with Crippen molar-refractivity contribution in [3.8, 4) is 5.82 Å². The van der Waals surface area contributed by atoms with Crippen LogP contribution in [0.15, 0.2) is 170 Å². The van der Waals surface area contributed by atoms with Crippen molar-refractivity contribution in [1.29, 1.82) is 0 Å². The molecule has 8 aromatic rings. The SMILES string of the molecule is Cc1ccnc(-n2c3ccccc3c3ccc(C(c4ccccc4)(c4ccccc4)c4cccc(N5CN(C(C)C)c6ccccc65)c4)cc32)c1. The van der Waals surface area contributed by atoms with Gasteiger partial charge < -0.3 is 9.80 Å². The normalized spacial score (nSPS) is 13.0. The molecule has 0 saturated heterocycles. The minimum atomic E-state index is -0.620. The standard InChI is InChI=1S/C47H40N4/c1-33(2)49-32-50(44-24-13-12-23-43(44)49)39-20-14-19-37(30-39)47(35-15-6-4-7-16-35,36-17-8-5-9-18-36)38-25-26-41-40-21-10-11-22-42(40)51(45(41)31-38)46-29-34(3)27-28-48-46/h4-31,33H,32H2,1-3H3. The highest BCUT2D eigenvalue weighted by Gasteiger charge is 2.40. The molecule has 2 aromatic heterocycles. The monoisotopic (exact) mass is 660 g/mol. The molecule has 0 atom stereocenters. The van der Waals surface area contributed by atoms with E-state index in [1.807, 2.05) is 6.20 Å². The molecule has 1 aliphatic rings. The number of nitrogens with zero attached hydrogens (tertiary/aromatic N) is 4. The second-order valence-electron chi connectivity index (χ2n) is 13.9. The van der Waals surface area contributed by atoms with E-state index in [0.29, 0.717) is 6.04 Å². The van der Waals surface area contributed by atoms with Gasteiger partial charge in [0.25, 0.3) is 0 Å². The lowest BCUT2D eigenvalue weighted by molar-refractivity contribution is 0.708. The van der Waals surface area contributed by atoms with Gasteiger partial charge in [0, 0.05) is 28.7 Å². The van der Waals surface area contributed by atoms with Crippen molar-refractivity contribution in [2.24, 2.45) is 0 Å². The first-order chi connectivity index (χ1) is 25.0. The predicted molar refractivity (Wildman–Crippen MR) is 213 cm³/mol. The lowest BCUT2D eigenvalue weighted by Crippen LogP contribution is -2.34. The molecule has 0 spiro atoms. The molecular weight excluding hydrogens is 621 g/mol. The summed E-state index contributed by atoms with van der Waals surface area (Å²) in [5, 5.41) is 2.43. The van der Waals surface area contributed by atoms with Crippen molar-refractivity contribution < 1.29 is 0 Å². The van der Waals surface area contributed by atoms with E-state index in [9.17, 15) is 0 Å². The predicted octanol–water partition coefficient (Wildman–Crippen LogP) is 11.2. The van der Waals surface area contributed by atoms with E-state index in [0.717, 1.165) is 23.5 Å². The third kappa shape index (κ3) is 4.93. The largest absolute Gasteiger partial charge is 0.349 e. The molecule has 0 fully saturated rings. The Morgan fingerprint density at radius 3 is 1.90 bits per heavy atom. The quantitative estimate of drug-likeness (QED) is 0.159. The zero-order chi connectivity index (χ0) is 34.5. The molecule has 0 amide bonds. The Kier molecular flexibility index (Phi) is 7.47. The molecule has 4 nitrogen and oxygen atoms in total. The molecule has 248 valence electrons. The summed E-state index contributed by atoms with van der Waals surface area (Å²) >= 11 is 0. The number of benzene rings is 6. The Bertz CT molecular complexity index is 2470. The average molecular weight is 661 g/mol. The number of rotatable bonds is 7. The molecule has 0 bridgehead atoms. The van der Waals surface area contributed by atoms with Crippen LogP contribution in [0.5, 0.6) is 0 Å². The van der Waals surface area contributed by atoms with Crippen LogP contribution < -0.4 is 9.80 Å². The molecule has 6 aromatic carbocycles. The van der Waals surface area contributed by atoms with Crippen LogP contribution in [0.25, 0.3) is 27.6 Å². The van der Waals surface area contributed by atoms with Crippen LogP contribution in [-0.2, 0) is 5.41 Å². The van der Waals surface area contributed by atoms with E-state index >= 15 is 0 Å². The highest BCUT2D eigenvalue weighted by molar-refractivity contribution is 6.09. The van der Waals surface area contributed by atoms with Gasteiger partial charge in [-0.15, -0.1) is 0 Å². The summed E-state index contributed by atoms with van der Waals surface area (Å²) in [6.07, 6.45) is 1.91. The first-order valence-electron chi connectivity index (χ1n) is 17.9. The Morgan fingerprint density at radius 2 is 1.18 bits per heavy atom. The molecule has 3 heterocycles. The van der Waals surface area contributed by atoms with Crippen molar-refractivity contribution in [3.63, 3.8) is 0 Å². The molecule has 1 aliphatic heterocycles. The van der Waals surface area contributed by atoms with Gasteiger partial charge in [0.05, 0.1) is 34.5 Å². The van der Waals surface area contributed by atoms with Gasteiger partial charge in [0.15, 0.2) is 0 Å². The molecule has 51 heavy (non-hydrogen) atoms. The summed E-state index contributed by atoms with van der Waals surface area (Å²) < 4.78 is 2.33. The molecule has 0 N–H and O–H groups in total. The van der Waals surface area contributed by atoms with E-state index in [1.165, 1.54) is 55.7 Å². The van der Waals surface area contributed by atoms with Crippen LogP contribution in [0.3, 0.4) is 0 Å². The number of hydrogen-bond donors (Lipinski definition) is 0. The second kappa shape index (κ2) is 12.3. The van der Waals surface area contributed by atoms with E-state index in [4.69, 9.17) is 4.98 Å². The van der Waals surface area contributed by atoms with Crippen LogP contribution in [-0.4, -0.2) is 22.3 Å². The summed E-state index contributed by atoms with van der Waals surface area (Å²) in [4.78, 5) is 9.84. The lowest BCUT2D eigenvalue weighted by Gasteiger charge is -2.37. The summed E-state index contributed by atoms with van der Waals surface area (Å²) in [5.41, 5.74) is 11.4. The minimum absolute atomic E-state index is 0.383. The van der Waals surface area contributed by atoms with Gasteiger partial charge in [-0.25, -0.2) is 4.98 Å². The number of fused-ring (bicyclic) bond motifs is 4. The Balaban J connectivity index is 1.34. The number of aryl methyl sites for hydroxylation is 1. The first kappa shape index (κ1) is 30.9. The highest BCUT2D eigenvalue weighted by Crippen LogP contribution is 2.49. The van der Waals surface area contributed by atoms with E-state index in [2.05, 4.69) is 199 Å². The van der Waals surface area contributed by atoms with Crippen LogP contribution in [0.1, 0.15) is 41.7 Å².